The molecule has 27 heavy (non-hydrogen) atoms. The fourth-order valence-corrected chi connectivity index (χ4v) is 2.44. The largest absolute Gasteiger partial charge is 0.497 e. The number of nitrogens with zero attached hydrogens (tertiary/aromatic N) is 1. The van der Waals surface area contributed by atoms with Gasteiger partial charge in [-0.25, -0.2) is 0 Å². The molecule has 0 unspecified atom stereocenters. The van der Waals surface area contributed by atoms with E-state index in [2.05, 4.69) is 15.6 Å². The van der Waals surface area contributed by atoms with Gasteiger partial charge in [-0.3, -0.25) is 14.6 Å². The maximum absolute atomic E-state index is 12.4. The lowest BCUT2D eigenvalue weighted by molar-refractivity contribution is 0.0950. The molecule has 136 valence electrons. The zero-order valence-electron chi connectivity index (χ0n) is 14.8. The molecule has 0 saturated carbocycles. The third-order valence-electron chi connectivity index (χ3n) is 3.91. The minimum atomic E-state index is -0.321. The van der Waals surface area contributed by atoms with Gasteiger partial charge in [0.15, 0.2) is 0 Å². The van der Waals surface area contributed by atoms with Crippen LogP contribution in [-0.2, 0) is 6.54 Å². The molecule has 0 fully saturated rings. The zero-order chi connectivity index (χ0) is 19.1. The Bertz CT molecular complexity index is 925. The SMILES string of the molecule is COc1ccc(CNC(=O)c2cncc(C(=O)Nc3ccccc3)c2)cc1. The van der Waals surface area contributed by atoms with Crippen molar-refractivity contribution in [2.75, 3.05) is 12.4 Å². The van der Waals surface area contributed by atoms with Crippen LogP contribution in [0.15, 0.2) is 73.1 Å². The van der Waals surface area contributed by atoms with Crippen LogP contribution in [0.4, 0.5) is 5.69 Å². The molecule has 0 aliphatic rings. The predicted octanol–water partition coefficient (Wildman–Crippen LogP) is 3.27. The highest BCUT2D eigenvalue weighted by Crippen LogP contribution is 2.12. The molecule has 0 saturated heterocycles. The van der Waals surface area contributed by atoms with Crippen LogP contribution in [0.3, 0.4) is 0 Å². The molecule has 2 amide bonds. The highest BCUT2D eigenvalue weighted by atomic mass is 16.5. The standard InChI is InChI=1S/C21H19N3O3/c1-27-19-9-7-15(8-10-19)12-23-20(25)16-11-17(14-22-13-16)21(26)24-18-5-3-2-4-6-18/h2-11,13-14H,12H2,1H3,(H,23,25)(H,24,26). The monoisotopic (exact) mass is 361 g/mol. The summed E-state index contributed by atoms with van der Waals surface area (Å²) in [4.78, 5) is 28.7. The summed E-state index contributed by atoms with van der Waals surface area (Å²) in [5, 5.41) is 5.59. The van der Waals surface area contributed by atoms with Crippen molar-refractivity contribution in [3.05, 3.63) is 89.7 Å². The second-order valence-corrected chi connectivity index (χ2v) is 5.81. The molecule has 6 heteroatoms. The third-order valence-corrected chi connectivity index (χ3v) is 3.91. The Morgan fingerprint density at radius 1 is 0.926 bits per heavy atom. The van der Waals surface area contributed by atoms with Gasteiger partial charge in [0.1, 0.15) is 5.75 Å². The number of ether oxygens (including phenoxy) is 1. The first-order chi connectivity index (χ1) is 13.2. The molecule has 2 aromatic carbocycles. The van der Waals surface area contributed by atoms with E-state index in [0.29, 0.717) is 23.4 Å². The number of amides is 2. The molecule has 1 aromatic heterocycles. The molecule has 6 nitrogen and oxygen atoms in total. The topological polar surface area (TPSA) is 80.3 Å². The molecule has 0 radical (unpaired) electrons. The smallest absolute Gasteiger partial charge is 0.257 e. The third kappa shape index (κ3) is 4.92. The van der Waals surface area contributed by atoms with Crippen LogP contribution in [0.1, 0.15) is 26.3 Å². The van der Waals surface area contributed by atoms with Crippen LogP contribution in [0, 0.1) is 0 Å². The molecule has 0 aliphatic carbocycles. The number of pyridine rings is 1. The van der Waals surface area contributed by atoms with Crippen LogP contribution in [0.2, 0.25) is 0 Å². The van der Waals surface area contributed by atoms with Crippen molar-refractivity contribution in [3.8, 4) is 5.75 Å². The summed E-state index contributed by atoms with van der Waals surface area (Å²) in [5.41, 5.74) is 2.26. The van der Waals surface area contributed by atoms with Gasteiger partial charge >= 0.3 is 0 Å². The van der Waals surface area contributed by atoms with Crippen LogP contribution in [0.5, 0.6) is 5.75 Å². The molecule has 3 rings (SSSR count). The van der Waals surface area contributed by atoms with E-state index in [9.17, 15) is 9.59 Å². The van der Waals surface area contributed by atoms with Gasteiger partial charge in [0, 0.05) is 24.6 Å². The predicted molar refractivity (Wildman–Crippen MR) is 103 cm³/mol. The Balaban J connectivity index is 1.63. The second kappa shape index (κ2) is 8.62. The van der Waals surface area contributed by atoms with Gasteiger partial charge in [-0.2, -0.15) is 0 Å². The lowest BCUT2D eigenvalue weighted by Crippen LogP contribution is -2.23. The van der Waals surface area contributed by atoms with Gasteiger partial charge in [-0.1, -0.05) is 30.3 Å². The highest BCUT2D eigenvalue weighted by Gasteiger charge is 2.11. The van der Waals surface area contributed by atoms with Gasteiger partial charge in [0.05, 0.1) is 18.2 Å². The minimum Gasteiger partial charge on any atom is -0.497 e. The van der Waals surface area contributed by atoms with E-state index in [4.69, 9.17) is 4.74 Å². The van der Waals surface area contributed by atoms with Crippen molar-refractivity contribution in [1.29, 1.82) is 0 Å². The Labute approximate surface area is 157 Å². The molecular weight excluding hydrogens is 342 g/mol. The first kappa shape index (κ1) is 18.1. The molecule has 0 atom stereocenters. The minimum absolute atomic E-state index is 0.298. The maximum atomic E-state index is 12.4. The number of rotatable bonds is 6. The Kier molecular flexibility index (Phi) is 5.79. The van der Waals surface area contributed by atoms with Crippen molar-refractivity contribution in [2.45, 2.75) is 6.54 Å². The average molecular weight is 361 g/mol. The summed E-state index contributed by atoms with van der Waals surface area (Å²) < 4.78 is 5.11. The van der Waals surface area contributed by atoms with Crippen LogP contribution < -0.4 is 15.4 Å². The quantitative estimate of drug-likeness (QED) is 0.706. The second-order valence-electron chi connectivity index (χ2n) is 5.81. The van der Waals surface area contributed by atoms with E-state index < -0.39 is 0 Å². The molecule has 2 N–H and O–H groups in total. The van der Waals surface area contributed by atoms with Crippen molar-refractivity contribution < 1.29 is 14.3 Å². The molecule has 0 aliphatic heterocycles. The lowest BCUT2D eigenvalue weighted by atomic mass is 10.1. The van der Waals surface area contributed by atoms with Crippen LogP contribution in [-0.4, -0.2) is 23.9 Å². The van der Waals surface area contributed by atoms with E-state index in [-0.39, 0.29) is 11.8 Å². The van der Waals surface area contributed by atoms with Crippen LogP contribution >= 0.6 is 0 Å². The fraction of sp³-hybridized carbons (Fsp3) is 0.0952. The van der Waals surface area contributed by atoms with Crippen molar-refractivity contribution in [2.24, 2.45) is 0 Å². The van der Waals surface area contributed by atoms with Gasteiger partial charge in [0.2, 0.25) is 0 Å². The van der Waals surface area contributed by atoms with Gasteiger partial charge < -0.3 is 15.4 Å². The fourth-order valence-electron chi connectivity index (χ4n) is 2.44. The summed E-state index contributed by atoms with van der Waals surface area (Å²) in [7, 11) is 1.60. The van der Waals surface area contributed by atoms with E-state index in [1.807, 2.05) is 42.5 Å². The zero-order valence-corrected chi connectivity index (χ0v) is 14.8. The maximum Gasteiger partial charge on any atom is 0.257 e. The number of nitrogens with one attached hydrogen (secondary N) is 2. The number of carbonyl (C=O) groups is 2. The van der Waals surface area contributed by atoms with Crippen molar-refractivity contribution in [1.82, 2.24) is 10.3 Å². The Morgan fingerprint density at radius 3 is 2.26 bits per heavy atom. The molecule has 0 bridgehead atoms. The lowest BCUT2D eigenvalue weighted by Gasteiger charge is -2.08. The van der Waals surface area contributed by atoms with Gasteiger partial charge in [0.25, 0.3) is 11.8 Å². The summed E-state index contributed by atoms with van der Waals surface area (Å²) in [6, 6.07) is 18.0. The number of anilines is 1. The summed E-state index contributed by atoms with van der Waals surface area (Å²) >= 11 is 0. The van der Waals surface area contributed by atoms with E-state index in [1.165, 1.54) is 18.5 Å². The number of hydrogen-bond donors (Lipinski definition) is 2. The number of aromatic nitrogens is 1. The summed E-state index contributed by atoms with van der Waals surface area (Å²) in [6.07, 6.45) is 2.86. The van der Waals surface area contributed by atoms with Gasteiger partial charge in [-0.05, 0) is 35.9 Å². The van der Waals surface area contributed by atoms with Gasteiger partial charge in [-0.15, -0.1) is 0 Å². The molecule has 0 spiro atoms. The normalized spacial score (nSPS) is 10.1. The molecular formula is C21H19N3O3. The molecule has 3 aromatic rings. The number of para-hydroxylation sites is 1. The Hall–Kier alpha value is -3.67. The number of benzene rings is 2. The van der Waals surface area contributed by atoms with Crippen molar-refractivity contribution in [3.63, 3.8) is 0 Å². The first-order valence-electron chi connectivity index (χ1n) is 8.38. The Morgan fingerprint density at radius 2 is 1.59 bits per heavy atom. The molecule has 1 heterocycles. The number of methoxy groups -OCH3 is 1. The number of hydrogen-bond acceptors (Lipinski definition) is 4. The number of carbonyl (C=O) groups excluding carboxylic acids is 2. The van der Waals surface area contributed by atoms with E-state index >= 15 is 0 Å². The van der Waals surface area contributed by atoms with E-state index in [1.54, 1.807) is 19.2 Å². The summed E-state index contributed by atoms with van der Waals surface area (Å²) in [6.45, 7) is 0.364. The van der Waals surface area contributed by atoms with E-state index in [0.717, 1.165) is 11.3 Å². The van der Waals surface area contributed by atoms with Crippen LogP contribution in [0.25, 0.3) is 0 Å². The first-order valence-corrected chi connectivity index (χ1v) is 8.38. The average Bonchev–Trinajstić information content (AvgIpc) is 2.73. The van der Waals surface area contributed by atoms with Crippen molar-refractivity contribution >= 4 is 17.5 Å². The summed E-state index contributed by atoms with van der Waals surface area (Å²) in [5.74, 6) is 0.137. The highest BCUT2D eigenvalue weighted by molar-refractivity contribution is 6.05.